The fourth-order valence-electron chi connectivity index (χ4n) is 2.35. The molecule has 19 heavy (non-hydrogen) atoms. The second-order valence-electron chi connectivity index (χ2n) is 4.69. The summed E-state index contributed by atoms with van der Waals surface area (Å²) in [6, 6.07) is 7.02. The zero-order valence-corrected chi connectivity index (χ0v) is 10.2. The second-order valence-corrected chi connectivity index (χ2v) is 4.69. The summed E-state index contributed by atoms with van der Waals surface area (Å²) in [4.78, 5) is 12.8. The van der Waals surface area contributed by atoms with Gasteiger partial charge in [0.15, 0.2) is 0 Å². The molecule has 6 heteroatoms. The number of alkyl halides is 3. The molecule has 0 aromatic heterocycles. The molecule has 0 fully saturated rings. The van der Waals surface area contributed by atoms with E-state index < -0.39 is 24.5 Å². The molecule has 1 atom stereocenters. The minimum Gasteiger partial charge on any atom is -0.481 e. The van der Waals surface area contributed by atoms with Gasteiger partial charge in [0.2, 0.25) is 0 Å². The normalized spacial score (nSPS) is 20.1. The standard InChI is InChI=1S/C13H14F3NO2/c14-13(15,16)5-6-17-7-9-3-1-2-4-10(9)11(8-17)12(18)19/h1-4,11H,5-8H2,(H,18,19). The van der Waals surface area contributed by atoms with Crippen LogP contribution in [-0.2, 0) is 11.3 Å². The fourth-order valence-corrected chi connectivity index (χ4v) is 2.35. The highest BCUT2D eigenvalue weighted by molar-refractivity contribution is 5.77. The van der Waals surface area contributed by atoms with Crippen molar-refractivity contribution >= 4 is 5.97 Å². The van der Waals surface area contributed by atoms with Gasteiger partial charge in [-0.05, 0) is 11.1 Å². The summed E-state index contributed by atoms with van der Waals surface area (Å²) >= 11 is 0. The maximum Gasteiger partial charge on any atom is 0.390 e. The fraction of sp³-hybridized carbons (Fsp3) is 0.462. The Hall–Kier alpha value is -1.56. The van der Waals surface area contributed by atoms with Crippen molar-refractivity contribution in [1.29, 1.82) is 0 Å². The van der Waals surface area contributed by atoms with Gasteiger partial charge in [-0.1, -0.05) is 24.3 Å². The van der Waals surface area contributed by atoms with Crippen LogP contribution < -0.4 is 0 Å². The molecule has 1 heterocycles. The van der Waals surface area contributed by atoms with E-state index in [0.29, 0.717) is 12.1 Å². The number of rotatable bonds is 3. The van der Waals surface area contributed by atoms with Crippen molar-refractivity contribution in [3.05, 3.63) is 35.4 Å². The highest BCUT2D eigenvalue weighted by Gasteiger charge is 2.33. The van der Waals surface area contributed by atoms with Gasteiger partial charge < -0.3 is 5.11 Å². The van der Waals surface area contributed by atoms with E-state index in [0.717, 1.165) is 5.56 Å². The number of halogens is 3. The first-order chi connectivity index (χ1) is 8.87. The van der Waals surface area contributed by atoms with Gasteiger partial charge in [-0.15, -0.1) is 0 Å². The lowest BCUT2D eigenvalue weighted by molar-refractivity contribution is -0.142. The smallest absolute Gasteiger partial charge is 0.390 e. The largest absolute Gasteiger partial charge is 0.481 e. The first-order valence-corrected chi connectivity index (χ1v) is 5.96. The predicted molar refractivity (Wildman–Crippen MR) is 62.8 cm³/mol. The zero-order valence-electron chi connectivity index (χ0n) is 10.2. The topological polar surface area (TPSA) is 40.5 Å². The van der Waals surface area contributed by atoms with E-state index in [9.17, 15) is 23.1 Å². The molecule has 1 N–H and O–H groups in total. The molecule has 2 rings (SSSR count). The molecule has 1 aliphatic rings. The number of hydrogen-bond donors (Lipinski definition) is 1. The highest BCUT2D eigenvalue weighted by Crippen LogP contribution is 2.29. The molecule has 1 aromatic rings. The molecular weight excluding hydrogens is 259 g/mol. The lowest BCUT2D eigenvalue weighted by Gasteiger charge is -2.32. The summed E-state index contributed by atoms with van der Waals surface area (Å²) in [5, 5.41) is 9.18. The van der Waals surface area contributed by atoms with Crippen LogP contribution in [0.5, 0.6) is 0 Å². The lowest BCUT2D eigenvalue weighted by atomic mass is 9.90. The Balaban J connectivity index is 2.14. The first kappa shape index (κ1) is 13.9. The van der Waals surface area contributed by atoms with Crippen molar-refractivity contribution < 1.29 is 23.1 Å². The number of aliphatic carboxylic acids is 1. The number of nitrogens with zero attached hydrogens (tertiary/aromatic N) is 1. The Kier molecular flexibility index (Phi) is 3.80. The number of fused-ring (bicyclic) bond motifs is 1. The van der Waals surface area contributed by atoms with Crippen molar-refractivity contribution in [2.24, 2.45) is 0 Å². The number of carboxylic acid groups (broad SMARTS) is 1. The highest BCUT2D eigenvalue weighted by atomic mass is 19.4. The van der Waals surface area contributed by atoms with Gasteiger partial charge in [0.05, 0.1) is 12.3 Å². The van der Waals surface area contributed by atoms with E-state index >= 15 is 0 Å². The number of carbonyl (C=O) groups is 1. The maximum atomic E-state index is 12.2. The van der Waals surface area contributed by atoms with E-state index in [-0.39, 0.29) is 13.1 Å². The van der Waals surface area contributed by atoms with Crippen LogP contribution >= 0.6 is 0 Å². The molecule has 0 saturated heterocycles. The molecule has 0 spiro atoms. The molecule has 104 valence electrons. The van der Waals surface area contributed by atoms with Crippen LogP contribution in [0.1, 0.15) is 23.5 Å². The Morgan fingerprint density at radius 1 is 1.37 bits per heavy atom. The van der Waals surface area contributed by atoms with Gasteiger partial charge in [-0.2, -0.15) is 13.2 Å². The van der Waals surface area contributed by atoms with Gasteiger partial charge in [-0.25, -0.2) is 0 Å². The van der Waals surface area contributed by atoms with E-state index in [4.69, 9.17) is 0 Å². The van der Waals surface area contributed by atoms with Crippen LogP contribution in [0, 0.1) is 0 Å². The van der Waals surface area contributed by atoms with Crippen LogP contribution in [0.2, 0.25) is 0 Å². The zero-order chi connectivity index (χ0) is 14.0. The van der Waals surface area contributed by atoms with Crippen LogP contribution in [0.3, 0.4) is 0 Å². The van der Waals surface area contributed by atoms with Gasteiger partial charge in [0.1, 0.15) is 0 Å². The van der Waals surface area contributed by atoms with Crippen LogP contribution in [0.4, 0.5) is 13.2 Å². The van der Waals surface area contributed by atoms with Gasteiger partial charge in [0, 0.05) is 19.6 Å². The quantitative estimate of drug-likeness (QED) is 0.920. The molecule has 0 amide bonds. The third-order valence-electron chi connectivity index (χ3n) is 3.27. The summed E-state index contributed by atoms with van der Waals surface area (Å²) in [7, 11) is 0. The number of hydrogen-bond acceptors (Lipinski definition) is 2. The van der Waals surface area contributed by atoms with E-state index in [1.807, 2.05) is 0 Å². The third-order valence-corrected chi connectivity index (χ3v) is 3.27. The second kappa shape index (κ2) is 5.21. The molecule has 1 aliphatic heterocycles. The van der Waals surface area contributed by atoms with Gasteiger partial charge >= 0.3 is 12.1 Å². The summed E-state index contributed by atoms with van der Waals surface area (Å²) in [6.07, 6.45) is -5.13. The Bertz CT molecular complexity index is 473. The van der Waals surface area contributed by atoms with Crippen LogP contribution in [-0.4, -0.2) is 35.2 Å². The molecule has 0 saturated carbocycles. The van der Waals surface area contributed by atoms with Crippen molar-refractivity contribution in [1.82, 2.24) is 4.90 Å². The number of carboxylic acids is 1. The van der Waals surface area contributed by atoms with Crippen molar-refractivity contribution in [2.45, 2.75) is 25.1 Å². The molecular formula is C13H14F3NO2. The Morgan fingerprint density at radius 2 is 2.05 bits per heavy atom. The van der Waals surface area contributed by atoms with Crippen molar-refractivity contribution in [3.8, 4) is 0 Å². The van der Waals surface area contributed by atoms with E-state index in [2.05, 4.69) is 0 Å². The summed E-state index contributed by atoms with van der Waals surface area (Å²) in [5.74, 6) is -1.75. The Morgan fingerprint density at radius 3 is 2.68 bits per heavy atom. The molecule has 3 nitrogen and oxygen atoms in total. The SMILES string of the molecule is O=C(O)C1CN(CCC(F)(F)F)Cc2ccccc21. The minimum absolute atomic E-state index is 0.127. The van der Waals surface area contributed by atoms with Gasteiger partial charge in [-0.3, -0.25) is 9.69 Å². The van der Waals surface area contributed by atoms with Crippen molar-refractivity contribution in [3.63, 3.8) is 0 Å². The van der Waals surface area contributed by atoms with Crippen molar-refractivity contribution in [2.75, 3.05) is 13.1 Å². The summed E-state index contributed by atoms with van der Waals surface area (Å²) in [6.45, 7) is 0.333. The minimum atomic E-state index is -4.21. The molecule has 0 aliphatic carbocycles. The lowest BCUT2D eigenvalue weighted by Crippen LogP contribution is -2.38. The van der Waals surface area contributed by atoms with E-state index in [1.54, 1.807) is 29.2 Å². The van der Waals surface area contributed by atoms with Crippen LogP contribution in [0.25, 0.3) is 0 Å². The Labute approximate surface area is 108 Å². The molecule has 1 unspecified atom stereocenters. The van der Waals surface area contributed by atoms with Gasteiger partial charge in [0.25, 0.3) is 0 Å². The third kappa shape index (κ3) is 3.47. The van der Waals surface area contributed by atoms with Crippen LogP contribution in [0.15, 0.2) is 24.3 Å². The average Bonchev–Trinajstić information content (AvgIpc) is 2.34. The predicted octanol–water partition coefficient (Wildman–Crippen LogP) is 2.62. The average molecular weight is 273 g/mol. The molecule has 1 aromatic carbocycles. The molecule has 0 bridgehead atoms. The summed E-state index contributed by atoms with van der Waals surface area (Å²) < 4.78 is 36.7. The number of benzene rings is 1. The molecule has 0 radical (unpaired) electrons. The monoisotopic (exact) mass is 273 g/mol. The van der Waals surface area contributed by atoms with E-state index in [1.165, 1.54) is 0 Å². The first-order valence-electron chi connectivity index (χ1n) is 5.96. The maximum absolute atomic E-state index is 12.2. The summed E-state index contributed by atoms with van der Waals surface area (Å²) in [5.41, 5.74) is 1.50.